The molecule has 2 N–H and O–H groups in total. The number of hydrogen-bond acceptors (Lipinski definition) is 3. The molecule has 2 aromatic rings. The van der Waals surface area contributed by atoms with Gasteiger partial charge in [0.05, 0.1) is 13.2 Å². The van der Waals surface area contributed by atoms with Crippen LogP contribution >= 0.6 is 0 Å². The Balaban J connectivity index is 1.59. The molecule has 1 aliphatic carbocycles. The first-order valence-electron chi connectivity index (χ1n) is 9.54. The average Bonchev–Trinajstić information content (AvgIpc) is 3.53. The molecule has 0 bridgehead atoms. The lowest BCUT2D eigenvalue weighted by Crippen LogP contribution is -2.61. The molecule has 5 nitrogen and oxygen atoms in total. The van der Waals surface area contributed by atoms with Crippen molar-refractivity contribution in [2.45, 2.75) is 24.9 Å². The number of hydrogen-bond donors (Lipinski definition) is 1. The molecular weight excluding hydrogens is 359 g/mol. The smallest absolute Gasteiger partial charge is 0.251 e. The third kappa shape index (κ3) is 3.78. The lowest BCUT2D eigenvalue weighted by Gasteiger charge is -2.41. The van der Waals surface area contributed by atoms with Crippen LogP contribution in [0.25, 0.3) is 11.1 Å². The van der Waals surface area contributed by atoms with Crippen molar-refractivity contribution in [1.82, 2.24) is 4.90 Å². The molecule has 2 aromatic carbocycles. The van der Waals surface area contributed by atoms with Crippen LogP contribution in [0.2, 0.25) is 0 Å². The molecular formula is C22H23FN2O3. The van der Waals surface area contributed by atoms with Crippen molar-refractivity contribution >= 4 is 11.8 Å². The summed E-state index contributed by atoms with van der Waals surface area (Å²) < 4.78 is 19.4. The second kappa shape index (κ2) is 7.36. The largest absolute Gasteiger partial charge is 0.367 e. The normalized spacial score (nSPS) is 22.1. The Morgan fingerprint density at radius 3 is 2.54 bits per heavy atom. The van der Waals surface area contributed by atoms with E-state index in [-0.39, 0.29) is 37.2 Å². The maximum atomic E-state index is 13.6. The monoisotopic (exact) mass is 382 g/mol. The highest BCUT2D eigenvalue weighted by Gasteiger charge is 2.45. The molecule has 4 rings (SSSR count). The van der Waals surface area contributed by atoms with Gasteiger partial charge >= 0.3 is 0 Å². The predicted molar refractivity (Wildman–Crippen MR) is 103 cm³/mol. The standard InChI is InChI=1S/C22H23FN2O3/c23-19-6-2-5-18(12-19)17-4-1-3-15(11-17)13-22(21(24)27)14-25(9-10-28-22)20(26)16-7-8-16/h1-6,11-12,16H,7-10,13-14H2,(H2,24,27)/t22-/m1/s1. The summed E-state index contributed by atoms with van der Waals surface area (Å²) >= 11 is 0. The first-order chi connectivity index (χ1) is 13.5. The first kappa shape index (κ1) is 18.6. The van der Waals surface area contributed by atoms with Crippen molar-refractivity contribution in [3.63, 3.8) is 0 Å². The van der Waals surface area contributed by atoms with Gasteiger partial charge in [0.1, 0.15) is 5.82 Å². The van der Waals surface area contributed by atoms with E-state index in [0.717, 1.165) is 29.5 Å². The van der Waals surface area contributed by atoms with Crippen molar-refractivity contribution in [1.29, 1.82) is 0 Å². The van der Waals surface area contributed by atoms with E-state index in [1.165, 1.54) is 12.1 Å². The summed E-state index contributed by atoms with van der Waals surface area (Å²) in [4.78, 5) is 26.5. The SMILES string of the molecule is NC(=O)[C@@]1(Cc2cccc(-c3cccc(F)c3)c2)CN(C(=O)C2CC2)CCO1. The number of rotatable bonds is 5. The van der Waals surface area contributed by atoms with Crippen molar-refractivity contribution in [2.75, 3.05) is 19.7 Å². The molecule has 2 aliphatic rings. The highest BCUT2D eigenvalue weighted by atomic mass is 19.1. The second-order valence-electron chi connectivity index (χ2n) is 7.63. The van der Waals surface area contributed by atoms with Gasteiger partial charge in [-0.1, -0.05) is 36.4 Å². The number of ether oxygens (including phenoxy) is 1. The van der Waals surface area contributed by atoms with Gasteiger partial charge in [-0.25, -0.2) is 4.39 Å². The molecule has 2 amide bonds. The van der Waals surface area contributed by atoms with Gasteiger partial charge in [0.25, 0.3) is 5.91 Å². The Morgan fingerprint density at radius 1 is 1.14 bits per heavy atom. The van der Waals surface area contributed by atoms with E-state index in [0.29, 0.717) is 6.54 Å². The molecule has 1 saturated carbocycles. The van der Waals surface area contributed by atoms with Gasteiger partial charge in [-0.2, -0.15) is 0 Å². The van der Waals surface area contributed by atoms with Crippen LogP contribution in [-0.2, 0) is 20.7 Å². The molecule has 146 valence electrons. The summed E-state index contributed by atoms with van der Waals surface area (Å²) in [7, 11) is 0. The molecule has 1 heterocycles. The highest BCUT2D eigenvalue weighted by Crippen LogP contribution is 2.33. The van der Waals surface area contributed by atoms with Gasteiger partial charge in [0.2, 0.25) is 5.91 Å². The fourth-order valence-electron chi connectivity index (χ4n) is 3.76. The fraction of sp³-hybridized carbons (Fsp3) is 0.364. The highest BCUT2D eigenvalue weighted by molar-refractivity contribution is 5.87. The van der Waals surface area contributed by atoms with Gasteiger partial charge in [-0.3, -0.25) is 9.59 Å². The molecule has 1 atom stereocenters. The van der Waals surface area contributed by atoms with E-state index in [2.05, 4.69) is 0 Å². The van der Waals surface area contributed by atoms with Crippen LogP contribution in [-0.4, -0.2) is 42.0 Å². The Kier molecular flexibility index (Phi) is 4.89. The molecule has 0 spiro atoms. The Labute approximate surface area is 163 Å². The summed E-state index contributed by atoms with van der Waals surface area (Å²) in [6, 6.07) is 13.9. The minimum absolute atomic E-state index is 0.0833. The number of carbonyl (C=O) groups is 2. The van der Waals surface area contributed by atoms with Crippen LogP contribution in [0.3, 0.4) is 0 Å². The van der Waals surface area contributed by atoms with Crippen LogP contribution in [0.4, 0.5) is 4.39 Å². The molecule has 6 heteroatoms. The van der Waals surface area contributed by atoms with E-state index in [1.54, 1.807) is 11.0 Å². The predicted octanol–water partition coefficient (Wildman–Crippen LogP) is 2.53. The fourth-order valence-corrected chi connectivity index (χ4v) is 3.76. The summed E-state index contributed by atoms with van der Waals surface area (Å²) in [6.07, 6.45) is 2.09. The molecule has 1 saturated heterocycles. The summed E-state index contributed by atoms with van der Waals surface area (Å²) in [6.45, 7) is 0.931. The molecule has 0 aromatic heterocycles. The van der Waals surface area contributed by atoms with Gasteiger partial charge in [-0.15, -0.1) is 0 Å². The van der Waals surface area contributed by atoms with Crippen molar-refractivity contribution in [3.8, 4) is 11.1 Å². The van der Waals surface area contributed by atoms with Crippen molar-refractivity contribution < 1.29 is 18.7 Å². The topological polar surface area (TPSA) is 72.6 Å². The molecule has 0 radical (unpaired) electrons. The number of benzene rings is 2. The van der Waals surface area contributed by atoms with E-state index in [1.807, 2.05) is 30.3 Å². The van der Waals surface area contributed by atoms with E-state index in [4.69, 9.17) is 10.5 Å². The Bertz CT molecular complexity index is 912. The minimum atomic E-state index is -1.25. The van der Waals surface area contributed by atoms with Crippen LogP contribution in [0.5, 0.6) is 0 Å². The first-order valence-corrected chi connectivity index (χ1v) is 9.54. The number of nitrogens with two attached hydrogens (primary N) is 1. The molecule has 28 heavy (non-hydrogen) atoms. The number of halogens is 1. The number of amides is 2. The number of morpholine rings is 1. The average molecular weight is 382 g/mol. The van der Waals surface area contributed by atoms with Gasteiger partial charge in [-0.05, 0) is 41.7 Å². The Hall–Kier alpha value is -2.73. The summed E-state index contributed by atoms with van der Waals surface area (Å²) in [5.41, 5.74) is 6.92. The zero-order valence-corrected chi connectivity index (χ0v) is 15.6. The third-order valence-corrected chi connectivity index (χ3v) is 5.45. The quantitative estimate of drug-likeness (QED) is 0.864. The minimum Gasteiger partial charge on any atom is -0.367 e. The maximum absolute atomic E-state index is 13.6. The molecule has 1 aliphatic heterocycles. The zero-order valence-electron chi connectivity index (χ0n) is 15.6. The Morgan fingerprint density at radius 2 is 1.86 bits per heavy atom. The van der Waals surface area contributed by atoms with Crippen LogP contribution in [0, 0.1) is 11.7 Å². The van der Waals surface area contributed by atoms with Crippen molar-refractivity contribution in [3.05, 3.63) is 59.9 Å². The maximum Gasteiger partial charge on any atom is 0.251 e. The van der Waals surface area contributed by atoms with Gasteiger partial charge in [0, 0.05) is 18.9 Å². The summed E-state index contributed by atoms with van der Waals surface area (Å²) in [5, 5.41) is 0. The summed E-state index contributed by atoms with van der Waals surface area (Å²) in [5.74, 6) is -0.708. The zero-order chi connectivity index (χ0) is 19.7. The second-order valence-corrected chi connectivity index (χ2v) is 7.63. The number of primary amides is 1. The van der Waals surface area contributed by atoms with E-state index in [9.17, 15) is 14.0 Å². The van der Waals surface area contributed by atoms with E-state index < -0.39 is 11.5 Å². The lowest BCUT2D eigenvalue weighted by molar-refractivity contribution is -0.164. The lowest BCUT2D eigenvalue weighted by atomic mass is 9.90. The van der Waals surface area contributed by atoms with Crippen LogP contribution in [0.15, 0.2) is 48.5 Å². The van der Waals surface area contributed by atoms with Gasteiger partial charge < -0.3 is 15.4 Å². The van der Waals surface area contributed by atoms with Crippen LogP contribution < -0.4 is 5.73 Å². The van der Waals surface area contributed by atoms with E-state index >= 15 is 0 Å². The van der Waals surface area contributed by atoms with Crippen LogP contribution in [0.1, 0.15) is 18.4 Å². The van der Waals surface area contributed by atoms with Crippen molar-refractivity contribution in [2.24, 2.45) is 11.7 Å². The molecule has 2 fully saturated rings. The molecule has 0 unspecified atom stereocenters. The van der Waals surface area contributed by atoms with Gasteiger partial charge in [0.15, 0.2) is 5.60 Å². The number of carbonyl (C=O) groups excluding carboxylic acids is 2. The number of nitrogens with zero attached hydrogens (tertiary/aromatic N) is 1. The third-order valence-electron chi connectivity index (χ3n) is 5.45.